The van der Waals surface area contributed by atoms with Crippen LogP contribution in [-0.2, 0) is 25.6 Å². The van der Waals surface area contributed by atoms with Crippen LogP contribution in [0.2, 0.25) is 0 Å². The molecule has 0 radical (unpaired) electrons. The van der Waals surface area contributed by atoms with Crippen molar-refractivity contribution < 1.29 is 0 Å². The molecule has 22 heavy (non-hydrogen) atoms. The van der Waals surface area contributed by atoms with E-state index in [1.807, 2.05) is 25.2 Å². The molecule has 4 rings (SSSR count). The first-order valence-corrected chi connectivity index (χ1v) is 9.22. The van der Waals surface area contributed by atoms with Gasteiger partial charge in [0.05, 0.1) is 5.39 Å². The summed E-state index contributed by atoms with van der Waals surface area (Å²) in [5.41, 5.74) is 2.61. The van der Waals surface area contributed by atoms with Gasteiger partial charge in [0.25, 0.3) is 5.56 Å². The van der Waals surface area contributed by atoms with E-state index in [-0.39, 0.29) is 5.56 Å². The van der Waals surface area contributed by atoms with Crippen LogP contribution in [0.25, 0.3) is 10.2 Å². The van der Waals surface area contributed by atoms with E-state index in [0.717, 1.165) is 34.0 Å². The van der Waals surface area contributed by atoms with Gasteiger partial charge in [-0.25, -0.2) is 4.98 Å². The average Bonchev–Trinajstić information content (AvgIpc) is 3.11. The number of aryl methyl sites for hydroxylation is 2. The van der Waals surface area contributed by atoms with Crippen molar-refractivity contribution in [2.75, 3.05) is 0 Å². The second-order valence-corrected chi connectivity index (χ2v) is 7.60. The molecule has 0 fully saturated rings. The van der Waals surface area contributed by atoms with Crippen LogP contribution in [0.5, 0.6) is 0 Å². The van der Waals surface area contributed by atoms with Crippen molar-refractivity contribution in [3.05, 3.63) is 56.7 Å². The lowest BCUT2D eigenvalue weighted by Gasteiger charge is -2.07. The molecule has 112 valence electrons. The summed E-state index contributed by atoms with van der Waals surface area (Å²) < 4.78 is 1.71. The Bertz CT molecular complexity index is 896. The summed E-state index contributed by atoms with van der Waals surface area (Å²) in [5, 5.41) is 1.67. The maximum atomic E-state index is 12.7. The molecule has 0 aliphatic heterocycles. The van der Waals surface area contributed by atoms with Crippen molar-refractivity contribution in [3.8, 4) is 0 Å². The summed E-state index contributed by atoms with van der Waals surface area (Å²) in [6.07, 6.45) is 3.31. The molecule has 3 nitrogen and oxygen atoms in total. The van der Waals surface area contributed by atoms with Crippen molar-refractivity contribution >= 4 is 33.3 Å². The number of fused-ring (bicyclic) bond motifs is 3. The van der Waals surface area contributed by atoms with E-state index in [1.165, 1.54) is 22.4 Å². The second-order valence-electron chi connectivity index (χ2n) is 5.57. The van der Waals surface area contributed by atoms with E-state index < -0.39 is 0 Å². The fourth-order valence-electron chi connectivity index (χ4n) is 2.96. The van der Waals surface area contributed by atoms with Gasteiger partial charge >= 0.3 is 0 Å². The van der Waals surface area contributed by atoms with E-state index in [9.17, 15) is 4.79 Å². The Labute approximate surface area is 137 Å². The smallest absolute Gasteiger partial charge is 0.262 e. The highest BCUT2D eigenvalue weighted by Gasteiger charge is 2.22. The third-order valence-electron chi connectivity index (χ3n) is 4.12. The Balaban J connectivity index is 1.73. The molecule has 5 heteroatoms. The average molecular weight is 328 g/mol. The summed E-state index contributed by atoms with van der Waals surface area (Å²) in [5.74, 6) is 0.831. The second kappa shape index (κ2) is 5.56. The highest BCUT2D eigenvalue weighted by molar-refractivity contribution is 7.98. The van der Waals surface area contributed by atoms with Crippen molar-refractivity contribution in [1.29, 1.82) is 0 Å². The van der Waals surface area contributed by atoms with Crippen LogP contribution in [0, 0.1) is 0 Å². The van der Waals surface area contributed by atoms with Crippen LogP contribution in [0.15, 0.2) is 40.3 Å². The Hall–Kier alpha value is -1.59. The zero-order valence-corrected chi connectivity index (χ0v) is 14.0. The van der Waals surface area contributed by atoms with Crippen LogP contribution < -0.4 is 5.56 Å². The standard InChI is InChI=1S/C17H16N2OS2/c1-19-16(20)14-12-8-5-9-13(12)22-15(14)18-17(19)21-10-11-6-3-2-4-7-11/h2-4,6-7H,5,8-10H2,1H3. The normalized spacial score (nSPS) is 13.7. The molecular formula is C17H16N2OS2. The van der Waals surface area contributed by atoms with E-state index in [4.69, 9.17) is 4.98 Å². The summed E-state index contributed by atoms with van der Waals surface area (Å²) >= 11 is 3.34. The molecule has 3 aromatic rings. The van der Waals surface area contributed by atoms with Crippen molar-refractivity contribution in [2.24, 2.45) is 7.05 Å². The van der Waals surface area contributed by atoms with Gasteiger partial charge in [0.15, 0.2) is 5.16 Å². The minimum Gasteiger partial charge on any atom is -0.290 e. The van der Waals surface area contributed by atoms with E-state index in [0.29, 0.717) is 0 Å². The van der Waals surface area contributed by atoms with Gasteiger partial charge < -0.3 is 0 Å². The number of hydrogen-bond donors (Lipinski definition) is 0. The lowest BCUT2D eigenvalue weighted by atomic mass is 10.2. The molecule has 0 saturated carbocycles. The molecule has 0 saturated heterocycles. The van der Waals surface area contributed by atoms with Gasteiger partial charge in [0.2, 0.25) is 0 Å². The molecule has 1 aromatic carbocycles. The lowest BCUT2D eigenvalue weighted by molar-refractivity contribution is 0.727. The minimum absolute atomic E-state index is 0.111. The molecule has 0 spiro atoms. The summed E-state index contributed by atoms with van der Waals surface area (Å²) in [6, 6.07) is 10.3. The van der Waals surface area contributed by atoms with Gasteiger partial charge in [-0.05, 0) is 30.4 Å². The summed E-state index contributed by atoms with van der Waals surface area (Å²) in [7, 11) is 1.83. The highest BCUT2D eigenvalue weighted by atomic mass is 32.2. The van der Waals surface area contributed by atoms with E-state index >= 15 is 0 Å². The molecule has 0 unspecified atom stereocenters. The van der Waals surface area contributed by atoms with Crippen molar-refractivity contribution in [3.63, 3.8) is 0 Å². The van der Waals surface area contributed by atoms with Gasteiger partial charge in [0.1, 0.15) is 4.83 Å². The quantitative estimate of drug-likeness (QED) is 0.542. The van der Waals surface area contributed by atoms with Crippen LogP contribution in [-0.4, -0.2) is 9.55 Å². The molecule has 1 aliphatic rings. The number of hydrogen-bond acceptors (Lipinski definition) is 4. The van der Waals surface area contributed by atoms with Gasteiger partial charge in [-0.2, -0.15) is 0 Å². The van der Waals surface area contributed by atoms with Crippen LogP contribution in [0.1, 0.15) is 22.4 Å². The number of aromatic nitrogens is 2. The Morgan fingerprint density at radius 1 is 1.27 bits per heavy atom. The monoisotopic (exact) mass is 328 g/mol. The minimum atomic E-state index is 0.111. The summed E-state index contributed by atoms with van der Waals surface area (Å²) in [6.45, 7) is 0. The van der Waals surface area contributed by atoms with Gasteiger partial charge in [-0.3, -0.25) is 9.36 Å². The topological polar surface area (TPSA) is 34.9 Å². The van der Waals surface area contributed by atoms with Gasteiger partial charge in [-0.1, -0.05) is 42.1 Å². The zero-order chi connectivity index (χ0) is 15.1. The number of nitrogens with zero attached hydrogens (tertiary/aromatic N) is 2. The summed E-state index contributed by atoms with van der Waals surface area (Å²) in [4.78, 5) is 19.7. The number of benzene rings is 1. The Kier molecular flexibility index (Phi) is 3.54. The molecular weight excluding hydrogens is 312 g/mol. The maximum absolute atomic E-state index is 12.7. The highest BCUT2D eigenvalue weighted by Crippen LogP contribution is 2.35. The SMILES string of the molecule is Cn1c(SCc2ccccc2)nc2sc3c(c2c1=O)CCC3. The largest absolute Gasteiger partial charge is 0.290 e. The first-order valence-electron chi connectivity index (χ1n) is 7.42. The predicted molar refractivity (Wildman–Crippen MR) is 92.9 cm³/mol. The van der Waals surface area contributed by atoms with Crippen LogP contribution in [0.4, 0.5) is 0 Å². The van der Waals surface area contributed by atoms with Gasteiger partial charge in [-0.15, -0.1) is 11.3 Å². The van der Waals surface area contributed by atoms with Crippen LogP contribution in [0.3, 0.4) is 0 Å². The van der Waals surface area contributed by atoms with E-state index in [1.54, 1.807) is 27.7 Å². The fourth-order valence-corrected chi connectivity index (χ4v) is 5.19. The Morgan fingerprint density at radius 3 is 2.91 bits per heavy atom. The molecule has 0 amide bonds. The molecule has 0 N–H and O–H groups in total. The molecule has 0 bridgehead atoms. The van der Waals surface area contributed by atoms with E-state index in [2.05, 4.69) is 12.1 Å². The lowest BCUT2D eigenvalue weighted by Crippen LogP contribution is -2.20. The maximum Gasteiger partial charge on any atom is 0.262 e. The number of thiophene rings is 1. The molecule has 2 heterocycles. The third kappa shape index (κ3) is 2.29. The number of rotatable bonds is 3. The first-order chi connectivity index (χ1) is 10.7. The van der Waals surface area contributed by atoms with Crippen LogP contribution >= 0.6 is 23.1 Å². The van der Waals surface area contributed by atoms with Gasteiger partial charge in [0, 0.05) is 17.7 Å². The third-order valence-corrected chi connectivity index (χ3v) is 6.40. The zero-order valence-electron chi connectivity index (χ0n) is 12.3. The molecule has 1 aliphatic carbocycles. The molecule has 2 aromatic heterocycles. The fraction of sp³-hybridized carbons (Fsp3) is 0.294. The first kappa shape index (κ1) is 14.0. The number of thioether (sulfide) groups is 1. The predicted octanol–water partition coefficient (Wildman–Crippen LogP) is 3.78. The van der Waals surface area contributed by atoms with Crippen molar-refractivity contribution in [1.82, 2.24) is 9.55 Å². The molecule has 0 atom stereocenters. The Morgan fingerprint density at radius 2 is 2.09 bits per heavy atom. The van der Waals surface area contributed by atoms with Crippen molar-refractivity contribution in [2.45, 2.75) is 30.2 Å².